The molecule has 0 saturated carbocycles. The van der Waals surface area contributed by atoms with Crippen LogP contribution in [-0.4, -0.2) is 60.0 Å². The molecule has 0 aliphatic rings. The lowest BCUT2D eigenvalue weighted by Gasteiger charge is -2.21. The smallest absolute Gasteiger partial charge is 0.337 e. The fraction of sp³-hybridized carbons (Fsp3) is 0.471. The van der Waals surface area contributed by atoms with Crippen molar-refractivity contribution in [2.24, 2.45) is 0 Å². The van der Waals surface area contributed by atoms with Crippen LogP contribution in [0.15, 0.2) is 24.3 Å². The molecule has 1 aromatic rings. The van der Waals surface area contributed by atoms with Gasteiger partial charge in [-0.2, -0.15) is 0 Å². The number of carboxylic acids is 1. The van der Waals surface area contributed by atoms with Gasteiger partial charge in [0.25, 0.3) is 0 Å². The number of hydrogen-bond acceptors (Lipinski definition) is 7. The van der Waals surface area contributed by atoms with E-state index in [0.717, 1.165) is 6.04 Å². The van der Waals surface area contributed by atoms with E-state index in [4.69, 9.17) is 14.0 Å². The topological polar surface area (TPSA) is 108 Å². The van der Waals surface area contributed by atoms with Gasteiger partial charge in [-0.3, -0.25) is 4.79 Å². The van der Waals surface area contributed by atoms with Crippen LogP contribution < -0.4 is 0 Å². The molecule has 0 radical (unpaired) electrons. The van der Waals surface area contributed by atoms with E-state index in [0.29, 0.717) is 17.5 Å². The molecule has 26 heavy (non-hydrogen) atoms. The van der Waals surface area contributed by atoms with Crippen molar-refractivity contribution < 1.29 is 37.8 Å². The van der Waals surface area contributed by atoms with Crippen molar-refractivity contribution >= 4 is 26.5 Å². The van der Waals surface area contributed by atoms with Crippen molar-refractivity contribution in [3.05, 3.63) is 35.4 Å². The Morgan fingerprint density at radius 2 is 1.27 bits per heavy atom. The van der Waals surface area contributed by atoms with Crippen LogP contribution in [0.25, 0.3) is 0 Å². The van der Waals surface area contributed by atoms with Gasteiger partial charge in [-0.25, -0.2) is 9.59 Å². The Morgan fingerprint density at radius 1 is 0.885 bits per heavy atom. The molecule has 9 heteroatoms. The fourth-order valence-electron chi connectivity index (χ4n) is 1.83. The molecule has 0 fully saturated rings. The van der Waals surface area contributed by atoms with E-state index in [1.54, 1.807) is 14.2 Å². The second kappa shape index (κ2) is 12.2. The quantitative estimate of drug-likeness (QED) is 0.536. The van der Waals surface area contributed by atoms with E-state index in [-0.39, 0.29) is 6.42 Å². The first-order chi connectivity index (χ1) is 12.2. The third-order valence-corrected chi connectivity index (χ3v) is 6.60. The monoisotopic (exact) mass is 386 g/mol. The molecule has 0 bridgehead atoms. The van der Waals surface area contributed by atoms with Crippen LogP contribution in [0.3, 0.4) is 0 Å². The Hall–Kier alpha value is -2.23. The summed E-state index contributed by atoms with van der Waals surface area (Å²) in [7, 11) is 3.79. The molecule has 1 N–H and O–H groups in total. The molecule has 1 aromatic carbocycles. The van der Waals surface area contributed by atoms with E-state index in [1.165, 1.54) is 38.5 Å². The number of hydrogen-bond donors (Lipinski definition) is 1. The number of aliphatic carboxylic acids is 1. The highest BCUT2D eigenvalue weighted by molar-refractivity contribution is 6.65. The van der Waals surface area contributed by atoms with Gasteiger partial charge in [0.05, 0.1) is 25.3 Å². The summed E-state index contributed by atoms with van der Waals surface area (Å²) < 4.78 is 19.4. The number of carbonyl (C=O) groups excluding carboxylic acids is 2. The van der Waals surface area contributed by atoms with Gasteiger partial charge in [0.2, 0.25) is 0 Å². The minimum atomic E-state index is -2.03. The van der Waals surface area contributed by atoms with E-state index < -0.39 is 26.5 Å². The molecular weight excluding hydrogens is 360 g/mol. The van der Waals surface area contributed by atoms with Crippen molar-refractivity contribution in [2.45, 2.75) is 25.4 Å². The SMILES string of the molecule is COC(=O)c1ccc(C(=O)OC)cc1.CO[Si](C)(CCCC(=O)O)OC. The first kappa shape index (κ1) is 23.8. The average Bonchev–Trinajstić information content (AvgIpc) is 2.66. The molecule has 0 aliphatic carbocycles. The number of rotatable bonds is 8. The third kappa shape index (κ3) is 8.74. The van der Waals surface area contributed by atoms with Crippen LogP contribution in [0.5, 0.6) is 0 Å². The Balaban J connectivity index is 0.000000488. The van der Waals surface area contributed by atoms with Crippen LogP contribution in [0.4, 0.5) is 0 Å². The number of methoxy groups -OCH3 is 2. The van der Waals surface area contributed by atoms with Crippen molar-refractivity contribution in [3.8, 4) is 0 Å². The van der Waals surface area contributed by atoms with Crippen LogP contribution in [0.1, 0.15) is 33.6 Å². The van der Waals surface area contributed by atoms with Gasteiger partial charge in [0.1, 0.15) is 0 Å². The average molecular weight is 386 g/mol. The summed E-state index contributed by atoms with van der Waals surface area (Å²) in [4.78, 5) is 32.2. The first-order valence-electron chi connectivity index (χ1n) is 7.81. The second-order valence-corrected chi connectivity index (χ2v) is 8.93. The molecule has 0 spiro atoms. The van der Waals surface area contributed by atoms with Crippen molar-refractivity contribution in [1.82, 2.24) is 0 Å². The van der Waals surface area contributed by atoms with E-state index in [2.05, 4.69) is 9.47 Å². The number of carboxylic acid groups (broad SMARTS) is 1. The molecular formula is C17H26O8Si. The molecule has 0 saturated heterocycles. The van der Waals surface area contributed by atoms with Gasteiger partial charge < -0.3 is 23.4 Å². The van der Waals surface area contributed by atoms with Gasteiger partial charge in [0.15, 0.2) is 0 Å². The standard InChI is InChI=1S/C10H10O4.C7H16O4Si/c1-13-9(11)7-3-5-8(6-4-7)10(12)14-2;1-10-12(3,11-2)6-4-5-7(8)9/h3-6H,1-2H3;4-6H2,1-3H3,(H,8,9). The van der Waals surface area contributed by atoms with Crippen LogP contribution in [0, 0.1) is 0 Å². The molecule has 146 valence electrons. The van der Waals surface area contributed by atoms with Crippen molar-refractivity contribution in [1.29, 1.82) is 0 Å². The highest BCUT2D eigenvalue weighted by Crippen LogP contribution is 2.14. The number of carbonyl (C=O) groups is 3. The molecule has 0 aliphatic heterocycles. The lowest BCUT2D eigenvalue weighted by atomic mass is 10.1. The van der Waals surface area contributed by atoms with Crippen LogP contribution >= 0.6 is 0 Å². The predicted molar refractivity (Wildman–Crippen MR) is 96.4 cm³/mol. The normalized spacial score (nSPS) is 10.3. The summed E-state index contributed by atoms with van der Waals surface area (Å²) in [5, 5.41) is 8.39. The third-order valence-electron chi connectivity index (χ3n) is 3.61. The van der Waals surface area contributed by atoms with Crippen LogP contribution in [0.2, 0.25) is 12.6 Å². The zero-order valence-corrected chi connectivity index (χ0v) is 16.7. The molecule has 0 amide bonds. The lowest BCUT2D eigenvalue weighted by Crippen LogP contribution is -2.35. The number of esters is 2. The lowest BCUT2D eigenvalue weighted by molar-refractivity contribution is -0.137. The maximum absolute atomic E-state index is 11.0. The minimum absolute atomic E-state index is 0.190. The summed E-state index contributed by atoms with van der Waals surface area (Å²) in [6.45, 7) is 1.93. The largest absolute Gasteiger partial charge is 0.481 e. The summed E-state index contributed by atoms with van der Waals surface area (Å²) >= 11 is 0. The highest BCUT2D eigenvalue weighted by atomic mass is 28.4. The Morgan fingerprint density at radius 3 is 1.54 bits per heavy atom. The summed E-state index contributed by atoms with van der Waals surface area (Å²) in [5.74, 6) is -1.62. The molecule has 0 atom stereocenters. The fourth-order valence-corrected chi connectivity index (χ4v) is 3.22. The first-order valence-corrected chi connectivity index (χ1v) is 10.3. The molecule has 8 nitrogen and oxygen atoms in total. The summed E-state index contributed by atoms with van der Waals surface area (Å²) in [6, 6.07) is 6.78. The second-order valence-electron chi connectivity index (χ2n) is 5.35. The van der Waals surface area contributed by atoms with Crippen LogP contribution in [-0.2, 0) is 23.1 Å². The predicted octanol–water partition coefficient (Wildman–Crippen LogP) is 2.48. The van der Waals surface area contributed by atoms with Gasteiger partial charge in [-0.15, -0.1) is 0 Å². The molecule has 0 heterocycles. The molecule has 0 unspecified atom stereocenters. The van der Waals surface area contributed by atoms with E-state index >= 15 is 0 Å². The maximum atomic E-state index is 11.0. The Kier molecular flexibility index (Phi) is 11.1. The Labute approximate surface area is 154 Å². The Bertz CT molecular complexity index is 546. The zero-order valence-electron chi connectivity index (χ0n) is 15.7. The van der Waals surface area contributed by atoms with Gasteiger partial charge in [0, 0.05) is 20.6 Å². The zero-order chi connectivity index (χ0) is 20.2. The minimum Gasteiger partial charge on any atom is -0.481 e. The maximum Gasteiger partial charge on any atom is 0.337 e. The van der Waals surface area contributed by atoms with Crippen molar-refractivity contribution in [2.75, 3.05) is 28.4 Å². The van der Waals surface area contributed by atoms with Crippen molar-refractivity contribution in [3.63, 3.8) is 0 Å². The van der Waals surface area contributed by atoms with Gasteiger partial charge in [-0.05, 0) is 43.3 Å². The number of benzene rings is 1. The van der Waals surface area contributed by atoms with E-state index in [9.17, 15) is 14.4 Å². The van der Waals surface area contributed by atoms with E-state index in [1.807, 2.05) is 6.55 Å². The number of ether oxygens (including phenoxy) is 2. The van der Waals surface area contributed by atoms with Gasteiger partial charge >= 0.3 is 26.5 Å². The molecule has 1 rings (SSSR count). The summed E-state index contributed by atoms with van der Waals surface area (Å²) in [5.41, 5.74) is 0.806. The van der Waals surface area contributed by atoms with Gasteiger partial charge in [-0.1, -0.05) is 0 Å². The molecule has 0 aromatic heterocycles. The summed E-state index contributed by atoms with van der Waals surface area (Å²) in [6.07, 6.45) is 0.815. The highest BCUT2D eigenvalue weighted by Gasteiger charge is 2.27.